The number of alkyl halides is 3. The van der Waals surface area contributed by atoms with Crippen molar-refractivity contribution in [2.45, 2.75) is 25.1 Å². The number of nitrogens with zero attached hydrogens (tertiary/aromatic N) is 4. The molecule has 1 saturated carbocycles. The van der Waals surface area contributed by atoms with E-state index in [0.717, 1.165) is 12.8 Å². The monoisotopic (exact) mass is 335 g/mol. The van der Waals surface area contributed by atoms with E-state index >= 15 is 0 Å². The minimum atomic E-state index is -4.65. The van der Waals surface area contributed by atoms with E-state index in [2.05, 4.69) is 20.3 Å². The van der Waals surface area contributed by atoms with E-state index in [-0.39, 0.29) is 28.8 Å². The summed E-state index contributed by atoms with van der Waals surface area (Å²) in [5.74, 6) is -1.06. The van der Waals surface area contributed by atoms with Gasteiger partial charge in [-0.1, -0.05) is 0 Å². The maximum atomic E-state index is 13.1. The summed E-state index contributed by atoms with van der Waals surface area (Å²) in [7, 11) is 0. The van der Waals surface area contributed by atoms with Gasteiger partial charge in [-0.15, -0.1) is 0 Å². The Morgan fingerprint density at radius 2 is 1.83 bits per heavy atom. The summed E-state index contributed by atoms with van der Waals surface area (Å²) in [4.78, 5) is 11.4. The summed E-state index contributed by atoms with van der Waals surface area (Å²) in [5.41, 5.74) is 0.883. The molecule has 0 saturated heterocycles. The van der Waals surface area contributed by atoms with Crippen LogP contribution in [0.3, 0.4) is 0 Å². The lowest BCUT2D eigenvalue weighted by atomic mass is 10.3. The molecule has 124 valence electrons. The second-order valence-corrected chi connectivity index (χ2v) is 5.62. The number of hydrogen-bond acceptors (Lipinski definition) is 5. The highest BCUT2D eigenvalue weighted by molar-refractivity contribution is 5.84. The zero-order valence-corrected chi connectivity index (χ0v) is 12.2. The number of benzene rings is 1. The number of aromatic hydroxyl groups is 1. The molecule has 24 heavy (non-hydrogen) atoms. The molecule has 3 aromatic rings. The fourth-order valence-corrected chi connectivity index (χ4v) is 2.35. The van der Waals surface area contributed by atoms with E-state index in [9.17, 15) is 18.3 Å². The zero-order valence-electron chi connectivity index (χ0n) is 12.2. The van der Waals surface area contributed by atoms with Crippen LogP contribution in [0.4, 0.5) is 19.0 Å². The van der Waals surface area contributed by atoms with Crippen molar-refractivity contribution >= 4 is 17.0 Å². The van der Waals surface area contributed by atoms with Crippen LogP contribution in [-0.4, -0.2) is 30.7 Å². The molecule has 0 unspecified atom stereocenters. The first kappa shape index (κ1) is 14.7. The second-order valence-electron chi connectivity index (χ2n) is 5.62. The number of phenolic OH excluding ortho intramolecular Hbond substituents is 1. The molecule has 2 aromatic heterocycles. The number of nitrogens with one attached hydrogen (secondary N) is 1. The molecule has 9 heteroatoms. The molecule has 1 aromatic carbocycles. The summed E-state index contributed by atoms with van der Waals surface area (Å²) in [5, 5.41) is 12.3. The van der Waals surface area contributed by atoms with E-state index in [1.54, 1.807) is 12.1 Å². The van der Waals surface area contributed by atoms with Crippen LogP contribution >= 0.6 is 0 Å². The summed E-state index contributed by atoms with van der Waals surface area (Å²) in [6, 6.07) is 6.15. The van der Waals surface area contributed by atoms with E-state index in [1.807, 2.05) is 0 Å². The molecule has 0 amide bonds. The molecular formula is C15H12F3N5O. The Hall–Kier alpha value is -2.84. The van der Waals surface area contributed by atoms with Gasteiger partial charge in [0.15, 0.2) is 17.0 Å². The predicted molar refractivity (Wildman–Crippen MR) is 80.0 cm³/mol. The van der Waals surface area contributed by atoms with Crippen LogP contribution in [-0.2, 0) is 6.18 Å². The summed E-state index contributed by atoms with van der Waals surface area (Å²) in [6.45, 7) is 0. The first-order valence-electron chi connectivity index (χ1n) is 7.30. The van der Waals surface area contributed by atoms with Crippen molar-refractivity contribution in [3.8, 4) is 11.4 Å². The van der Waals surface area contributed by atoms with Crippen LogP contribution in [0.2, 0.25) is 0 Å². The van der Waals surface area contributed by atoms with Crippen LogP contribution in [0.5, 0.6) is 5.75 Å². The molecule has 6 nitrogen and oxygen atoms in total. The third kappa shape index (κ3) is 2.61. The number of rotatable bonds is 3. The van der Waals surface area contributed by atoms with Crippen molar-refractivity contribution in [2.75, 3.05) is 5.32 Å². The van der Waals surface area contributed by atoms with Crippen LogP contribution < -0.4 is 5.32 Å². The molecule has 4 rings (SSSR count). The smallest absolute Gasteiger partial charge is 0.451 e. The fourth-order valence-electron chi connectivity index (χ4n) is 2.35. The topological polar surface area (TPSA) is 75.9 Å². The summed E-state index contributed by atoms with van der Waals surface area (Å²) < 4.78 is 40.8. The molecule has 2 N–H and O–H groups in total. The lowest BCUT2D eigenvalue weighted by Crippen LogP contribution is -2.15. The largest absolute Gasteiger partial charge is 0.508 e. The highest BCUT2D eigenvalue weighted by Gasteiger charge is 2.37. The lowest BCUT2D eigenvalue weighted by Gasteiger charge is -2.10. The van der Waals surface area contributed by atoms with Gasteiger partial charge in [-0.05, 0) is 37.1 Å². The Balaban J connectivity index is 1.91. The first-order chi connectivity index (χ1) is 11.4. The van der Waals surface area contributed by atoms with Gasteiger partial charge in [-0.25, -0.2) is 15.0 Å². The Bertz CT molecular complexity index is 900. The van der Waals surface area contributed by atoms with Crippen LogP contribution in [0.25, 0.3) is 16.9 Å². The number of aromatic nitrogens is 4. The van der Waals surface area contributed by atoms with E-state index < -0.39 is 12.0 Å². The molecule has 0 atom stereocenters. The van der Waals surface area contributed by atoms with Crippen LogP contribution in [0.1, 0.15) is 18.7 Å². The van der Waals surface area contributed by atoms with Gasteiger partial charge < -0.3 is 10.4 Å². The molecule has 0 aliphatic heterocycles. The van der Waals surface area contributed by atoms with Crippen molar-refractivity contribution < 1.29 is 18.3 Å². The van der Waals surface area contributed by atoms with Gasteiger partial charge in [-0.2, -0.15) is 13.2 Å². The molecule has 1 aliphatic carbocycles. The summed E-state index contributed by atoms with van der Waals surface area (Å²) in [6.07, 6.45) is -1.47. The molecule has 1 aliphatic rings. The number of hydrogen-bond donors (Lipinski definition) is 2. The van der Waals surface area contributed by atoms with Gasteiger partial charge in [0.2, 0.25) is 5.82 Å². The van der Waals surface area contributed by atoms with Gasteiger partial charge in [0.1, 0.15) is 12.1 Å². The van der Waals surface area contributed by atoms with Crippen molar-refractivity contribution in [2.24, 2.45) is 0 Å². The quantitative estimate of drug-likeness (QED) is 0.769. The van der Waals surface area contributed by atoms with Crippen molar-refractivity contribution in [1.29, 1.82) is 0 Å². The van der Waals surface area contributed by atoms with Gasteiger partial charge in [0, 0.05) is 11.7 Å². The molecule has 0 radical (unpaired) electrons. The lowest BCUT2D eigenvalue weighted by molar-refractivity contribution is -0.144. The van der Waals surface area contributed by atoms with Gasteiger partial charge in [-0.3, -0.25) is 4.57 Å². The SMILES string of the molecule is Oc1ccc(-n2cnc3c(NC4CC4)nc(C(F)(F)F)nc32)cc1. The molecule has 1 fully saturated rings. The Kier molecular flexibility index (Phi) is 3.12. The Morgan fingerprint density at radius 1 is 1.12 bits per heavy atom. The minimum Gasteiger partial charge on any atom is -0.508 e. The van der Waals surface area contributed by atoms with Crippen molar-refractivity contribution in [3.05, 3.63) is 36.4 Å². The van der Waals surface area contributed by atoms with Crippen molar-refractivity contribution in [1.82, 2.24) is 19.5 Å². The minimum absolute atomic E-state index is 0.0601. The number of anilines is 1. The zero-order chi connectivity index (χ0) is 16.9. The van der Waals surface area contributed by atoms with E-state index in [1.165, 1.54) is 23.0 Å². The number of halogens is 3. The van der Waals surface area contributed by atoms with Crippen LogP contribution in [0, 0.1) is 0 Å². The molecule has 2 heterocycles. The van der Waals surface area contributed by atoms with Gasteiger partial charge >= 0.3 is 6.18 Å². The third-order valence-electron chi connectivity index (χ3n) is 3.70. The second kappa shape index (κ2) is 5.08. The van der Waals surface area contributed by atoms with E-state index in [4.69, 9.17) is 0 Å². The first-order valence-corrected chi connectivity index (χ1v) is 7.30. The average Bonchev–Trinajstić information content (AvgIpc) is 3.23. The fraction of sp³-hybridized carbons (Fsp3) is 0.267. The Labute approximate surface area is 134 Å². The standard InChI is InChI=1S/C15H12F3N5O/c16-15(17,18)14-21-12(20-8-1-2-8)11-13(22-14)23(7-19-11)9-3-5-10(24)6-4-9/h3-8,24H,1-2H2,(H,20,21,22). The number of phenols is 1. The highest BCUT2D eigenvalue weighted by atomic mass is 19.4. The summed E-state index contributed by atoms with van der Waals surface area (Å²) >= 11 is 0. The van der Waals surface area contributed by atoms with E-state index in [0.29, 0.717) is 5.69 Å². The highest BCUT2D eigenvalue weighted by Crippen LogP contribution is 2.33. The maximum Gasteiger partial charge on any atom is 0.451 e. The average molecular weight is 335 g/mol. The van der Waals surface area contributed by atoms with Gasteiger partial charge in [0.25, 0.3) is 0 Å². The molecule has 0 spiro atoms. The number of fused-ring (bicyclic) bond motifs is 1. The maximum absolute atomic E-state index is 13.1. The molecular weight excluding hydrogens is 323 g/mol. The third-order valence-corrected chi connectivity index (χ3v) is 3.70. The van der Waals surface area contributed by atoms with Crippen molar-refractivity contribution in [3.63, 3.8) is 0 Å². The Morgan fingerprint density at radius 3 is 2.46 bits per heavy atom. The number of imidazole rings is 1. The van der Waals surface area contributed by atoms with Crippen LogP contribution in [0.15, 0.2) is 30.6 Å². The normalized spacial score (nSPS) is 15.0. The van der Waals surface area contributed by atoms with Gasteiger partial charge in [0.05, 0.1) is 0 Å². The molecule has 0 bridgehead atoms. The predicted octanol–water partition coefficient (Wildman–Crippen LogP) is 3.11.